The molecule has 2 aromatic carbocycles. The number of halogens is 1. The van der Waals surface area contributed by atoms with Crippen LogP contribution in [0.5, 0.6) is 11.5 Å². The fraction of sp³-hybridized carbons (Fsp3) is 0.263. The molecule has 2 aromatic rings. The van der Waals surface area contributed by atoms with Crippen LogP contribution in [0.25, 0.3) is 0 Å². The van der Waals surface area contributed by atoms with Crippen LogP contribution in [0.1, 0.15) is 18.4 Å². The van der Waals surface area contributed by atoms with Crippen LogP contribution in [-0.4, -0.2) is 25.0 Å². The largest absolute Gasteiger partial charge is 0.494 e. The van der Waals surface area contributed by atoms with Crippen LogP contribution in [0.15, 0.2) is 48.5 Å². The maximum atomic E-state index is 11.7. The Hall–Kier alpha value is -2.73. The zero-order valence-corrected chi connectivity index (χ0v) is 15.2. The highest BCUT2D eigenvalue weighted by molar-refractivity contribution is 6.32. The molecule has 2 N–H and O–H groups in total. The maximum Gasteiger partial charge on any atom is 0.276 e. The van der Waals surface area contributed by atoms with Crippen LogP contribution in [0.2, 0.25) is 5.02 Å². The summed E-state index contributed by atoms with van der Waals surface area (Å²) in [5.41, 5.74) is 5.74. The minimum atomic E-state index is -0.478. The van der Waals surface area contributed by atoms with Gasteiger partial charge in [0.2, 0.25) is 5.91 Å². The van der Waals surface area contributed by atoms with Crippen molar-refractivity contribution in [3.63, 3.8) is 0 Å². The molecule has 0 saturated heterocycles. The van der Waals surface area contributed by atoms with E-state index in [-0.39, 0.29) is 18.9 Å². The van der Waals surface area contributed by atoms with Crippen molar-refractivity contribution < 1.29 is 19.1 Å². The van der Waals surface area contributed by atoms with E-state index in [1.807, 2.05) is 31.2 Å². The number of aryl methyl sites for hydroxylation is 1. The second-order valence-corrected chi connectivity index (χ2v) is 5.99. The highest BCUT2D eigenvalue weighted by Crippen LogP contribution is 2.22. The van der Waals surface area contributed by atoms with Gasteiger partial charge in [-0.05, 0) is 43.2 Å². The molecule has 0 aliphatic carbocycles. The van der Waals surface area contributed by atoms with Gasteiger partial charge < -0.3 is 9.47 Å². The van der Waals surface area contributed by atoms with Crippen molar-refractivity contribution in [2.75, 3.05) is 13.2 Å². The zero-order chi connectivity index (χ0) is 18.8. The van der Waals surface area contributed by atoms with E-state index < -0.39 is 5.91 Å². The highest BCUT2D eigenvalue weighted by atomic mass is 35.5. The molecule has 26 heavy (non-hydrogen) atoms. The van der Waals surface area contributed by atoms with Crippen molar-refractivity contribution in [3.8, 4) is 11.5 Å². The molecule has 138 valence electrons. The molecule has 2 rings (SSSR count). The number of rotatable bonds is 8. The predicted molar refractivity (Wildman–Crippen MR) is 99.1 cm³/mol. The summed E-state index contributed by atoms with van der Waals surface area (Å²) in [5.74, 6) is 0.401. The smallest absolute Gasteiger partial charge is 0.276 e. The molecule has 0 fully saturated rings. The predicted octanol–water partition coefficient (Wildman–Crippen LogP) is 3.03. The topological polar surface area (TPSA) is 76.7 Å². The van der Waals surface area contributed by atoms with Gasteiger partial charge in [-0.1, -0.05) is 35.9 Å². The van der Waals surface area contributed by atoms with Crippen molar-refractivity contribution in [2.45, 2.75) is 19.8 Å². The third-order valence-electron chi connectivity index (χ3n) is 3.34. The molecular formula is C19H21ClN2O4. The molecule has 0 bridgehead atoms. The average Bonchev–Trinajstić information content (AvgIpc) is 2.63. The van der Waals surface area contributed by atoms with E-state index in [1.165, 1.54) is 0 Å². The Labute approximate surface area is 157 Å². The fourth-order valence-corrected chi connectivity index (χ4v) is 2.26. The lowest BCUT2D eigenvalue weighted by Gasteiger charge is -2.10. The van der Waals surface area contributed by atoms with Gasteiger partial charge >= 0.3 is 0 Å². The molecule has 0 radical (unpaired) electrons. The molecule has 0 unspecified atom stereocenters. The van der Waals surface area contributed by atoms with Crippen LogP contribution >= 0.6 is 11.6 Å². The van der Waals surface area contributed by atoms with Crippen LogP contribution in [0.4, 0.5) is 0 Å². The monoisotopic (exact) mass is 376 g/mol. The van der Waals surface area contributed by atoms with Crippen molar-refractivity contribution in [2.24, 2.45) is 0 Å². The number of nitrogens with one attached hydrogen (secondary N) is 2. The van der Waals surface area contributed by atoms with Crippen LogP contribution in [-0.2, 0) is 9.59 Å². The molecular weight excluding hydrogens is 356 g/mol. The summed E-state index contributed by atoms with van der Waals surface area (Å²) in [5, 5.41) is 0.415. The number of para-hydroxylation sites is 1. The Balaban J connectivity index is 1.58. The quantitative estimate of drug-likeness (QED) is 0.548. The first-order chi connectivity index (χ1) is 12.5. The van der Waals surface area contributed by atoms with Crippen molar-refractivity contribution >= 4 is 23.4 Å². The molecule has 0 spiro atoms. The highest BCUT2D eigenvalue weighted by Gasteiger charge is 2.07. The van der Waals surface area contributed by atoms with E-state index in [9.17, 15) is 9.59 Å². The minimum Gasteiger partial charge on any atom is -0.494 e. The number of hydrazine groups is 1. The number of benzene rings is 2. The van der Waals surface area contributed by atoms with Crippen LogP contribution in [0, 0.1) is 6.92 Å². The van der Waals surface area contributed by atoms with E-state index >= 15 is 0 Å². The first-order valence-corrected chi connectivity index (χ1v) is 8.57. The standard InChI is InChI=1S/C19H21ClN2O4/c1-14-6-4-7-15(12-14)25-11-5-10-18(23)21-22-19(24)13-26-17-9-3-2-8-16(17)20/h2-4,6-9,12H,5,10-11,13H2,1H3,(H,21,23)(H,22,24). The van der Waals surface area contributed by atoms with Gasteiger partial charge in [-0.3, -0.25) is 20.4 Å². The second-order valence-electron chi connectivity index (χ2n) is 5.58. The molecule has 2 amide bonds. The number of carbonyl (C=O) groups is 2. The van der Waals surface area contributed by atoms with Gasteiger partial charge in [0.05, 0.1) is 11.6 Å². The van der Waals surface area contributed by atoms with E-state index in [0.29, 0.717) is 23.8 Å². The molecule has 0 saturated carbocycles. The molecule has 6 nitrogen and oxygen atoms in total. The Morgan fingerprint density at radius 3 is 2.54 bits per heavy atom. The molecule has 0 atom stereocenters. The number of hydrogen-bond donors (Lipinski definition) is 2. The van der Waals surface area contributed by atoms with Gasteiger partial charge in [-0.15, -0.1) is 0 Å². The summed E-state index contributed by atoms with van der Waals surface area (Å²) in [6.07, 6.45) is 0.767. The lowest BCUT2D eigenvalue weighted by atomic mass is 10.2. The van der Waals surface area contributed by atoms with Gasteiger partial charge in [0.15, 0.2) is 6.61 Å². The van der Waals surface area contributed by atoms with E-state index in [2.05, 4.69) is 10.9 Å². The third-order valence-corrected chi connectivity index (χ3v) is 3.66. The number of ether oxygens (including phenoxy) is 2. The van der Waals surface area contributed by atoms with Crippen molar-refractivity contribution in [1.82, 2.24) is 10.9 Å². The number of amides is 2. The Morgan fingerprint density at radius 1 is 1.00 bits per heavy atom. The third kappa shape index (κ3) is 7.03. The summed E-state index contributed by atoms with van der Waals surface area (Å²) in [4.78, 5) is 23.4. The van der Waals surface area contributed by atoms with Gasteiger partial charge in [-0.2, -0.15) is 0 Å². The normalized spacial score (nSPS) is 10.1. The first-order valence-electron chi connectivity index (χ1n) is 8.19. The van der Waals surface area contributed by atoms with Gasteiger partial charge in [-0.25, -0.2) is 0 Å². The number of hydrogen-bond acceptors (Lipinski definition) is 4. The Kier molecular flexibility index (Phi) is 7.76. The second kappa shape index (κ2) is 10.3. The first kappa shape index (κ1) is 19.6. The van der Waals surface area contributed by atoms with Crippen molar-refractivity contribution in [3.05, 3.63) is 59.1 Å². The van der Waals surface area contributed by atoms with Crippen LogP contribution < -0.4 is 20.3 Å². The van der Waals surface area contributed by atoms with E-state index in [0.717, 1.165) is 11.3 Å². The summed E-state index contributed by atoms with van der Waals surface area (Å²) in [7, 11) is 0. The lowest BCUT2D eigenvalue weighted by molar-refractivity contribution is -0.130. The maximum absolute atomic E-state index is 11.7. The lowest BCUT2D eigenvalue weighted by Crippen LogP contribution is -2.43. The van der Waals surface area contributed by atoms with E-state index in [4.69, 9.17) is 21.1 Å². The SMILES string of the molecule is Cc1cccc(OCCCC(=O)NNC(=O)COc2ccccc2Cl)c1. The molecule has 0 aliphatic heterocycles. The Bertz CT molecular complexity index is 752. The van der Waals surface area contributed by atoms with Gasteiger partial charge in [0.25, 0.3) is 5.91 Å². The molecule has 7 heteroatoms. The molecule has 0 aliphatic rings. The van der Waals surface area contributed by atoms with Crippen LogP contribution in [0.3, 0.4) is 0 Å². The fourth-order valence-electron chi connectivity index (χ4n) is 2.07. The Morgan fingerprint density at radius 2 is 1.77 bits per heavy atom. The van der Waals surface area contributed by atoms with Gasteiger partial charge in [0, 0.05) is 6.42 Å². The molecule has 0 heterocycles. The summed E-state index contributed by atoms with van der Waals surface area (Å²) < 4.78 is 10.8. The van der Waals surface area contributed by atoms with Gasteiger partial charge in [0.1, 0.15) is 11.5 Å². The summed E-state index contributed by atoms with van der Waals surface area (Å²) in [6, 6.07) is 14.5. The molecule has 0 aromatic heterocycles. The summed E-state index contributed by atoms with van der Waals surface area (Å²) in [6.45, 7) is 2.15. The minimum absolute atomic E-state index is 0.234. The zero-order valence-electron chi connectivity index (χ0n) is 14.5. The van der Waals surface area contributed by atoms with E-state index in [1.54, 1.807) is 24.3 Å². The average molecular weight is 377 g/mol. The number of carbonyl (C=O) groups excluding carboxylic acids is 2. The van der Waals surface area contributed by atoms with Crippen molar-refractivity contribution in [1.29, 1.82) is 0 Å². The summed E-state index contributed by atoms with van der Waals surface area (Å²) >= 11 is 5.92.